The van der Waals surface area contributed by atoms with Gasteiger partial charge in [0.1, 0.15) is 5.75 Å². The van der Waals surface area contributed by atoms with Crippen molar-refractivity contribution >= 4 is 27.5 Å². The van der Waals surface area contributed by atoms with Crippen molar-refractivity contribution in [2.24, 2.45) is 5.73 Å². The number of carbonyl (C=O) groups is 1. The fourth-order valence-corrected chi connectivity index (χ4v) is 2.47. The molecule has 1 amide bonds. The molecule has 1 saturated heterocycles. The van der Waals surface area contributed by atoms with Gasteiger partial charge in [-0.1, -0.05) is 15.9 Å². The number of carbonyl (C=O) groups excluding carboxylic acids is 1. The number of amides is 1. The molecule has 6 heteroatoms. The number of benzene rings is 1. The van der Waals surface area contributed by atoms with Crippen LogP contribution in [-0.4, -0.2) is 41.6 Å². The van der Waals surface area contributed by atoms with Crippen molar-refractivity contribution in [2.75, 3.05) is 25.0 Å². The van der Waals surface area contributed by atoms with E-state index in [1.54, 1.807) is 18.2 Å². The van der Waals surface area contributed by atoms with Crippen LogP contribution in [-0.2, 0) is 4.79 Å². The number of nitrogens with zero attached hydrogens (tertiary/aromatic N) is 1. The number of halogens is 1. The summed E-state index contributed by atoms with van der Waals surface area (Å²) >= 11 is 3.30. The first-order valence-corrected chi connectivity index (χ1v) is 7.10. The first-order chi connectivity index (χ1) is 9.04. The summed E-state index contributed by atoms with van der Waals surface area (Å²) in [4.78, 5) is 14.0. The zero-order chi connectivity index (χ0) is 13.8. The average Bonchev–Trinajstić information content (AvgIpc) is 2.37. The minimum absolute atomic E-state index is 0.0669. The number of hydrogen-bond donors (Lipinski definition) is 3. The smallest absolute Gasteiger partial charge is 0.238 e. The number of hydrogen-bond acceptors (Lipinski definition) is 4. The van der Waals surface area contributed by atoms with Crippen molar-refractivity contribution < 1.29 is 9.90 Å². The van der Waals surface area contributed by atoms with Crippen LogP contribution in [0.2, 0.25) is 0 Å². The Labute approximate surface area is 120 Å². The van der Waals surface area contributed by atoms with E-state index >= 15 is 0 Å². The van der Waals surface area contributed by atoms with E-state index in [9.17, 15) is 9.90 Å². The Morgan fingerprint density at radius 2 is 2.16 bits per heavy atom. The number of rotatable bonds is 3. The molecule has 0 aliphatic carbocycles. The number of piperidine rings is 1. The number of aromatic hydroxyl groups is 1. The van der Waals surface area contributed by atoms with Crippen LogP contribution in [0.15, 0.2) is 22.7 Å². The summed E-state index contributed by atoms with van der Waals surface area (Å²) in [7, 11) is 0. The molecule has 2 rings (SSSR count). The maximum atomic E-state index is 11.9. The fraction of sp³-hybridized carbons (Fsp3) is 0.462. The first kappa shape index (κ1) is 14.3. The maximum absolute atomic E-state index is 11.9. The van der Waals surface area contributed by atoms with Crippen LogP contribution >= 0.6 is 15.9 Å². The van der Waals surface area contributed by atoms with Crippen molar-refractivity contribution in [1.29, 1.82) is 0 Å². The lowest BCUT2D eigenvalue weighted by atomic mass is 10.1. The van der Waals surface area contributed by atoms with Gasteiger partial charge in [-0.3, -0.25) is 9.69 Å². The van der Waals surface area contributed by atoms with Gasteiger partial charge in [-0.25, -0.2) is 0 Å². The summed E-state index contributed by atoms with van der Waals surface area (Å²) in [6.07, 6.45) is 1.85. The summed E-state index contributed by atoms with van der Waals surface area (Å²) in [6, 6.07) is 5.20. The van der Waals surface area contributed by atoms with Gasteiger partial charge in [0.05, 0.1) is 12.2 Å². The second-order valence-electron chi connectivity index (χ2n) is 4.82. The highest BCUT2D eigenvalue weighted by atomic mass is 79.9. The van der Waals surface area contributed by atoms with Crippen LogP contribution in [0, 0.1) is 0 Å². The van der Waals surface area contributed by atoms with E-state index in [1.807, 2.05) is 0 Å². The molecule has 1 aliphatic rings. The second kappa shape index (κ2) is 6.36. The SMILES string of the molecule is NC1CCN(CC(=O)Nc2cc(Br)ccc2O)CC1. The molecule has 0 bridgehead atoms. The molecule has 1 heterocycles. The van der Waals surface area contributed by atoms with Crippen molar-refractivity contribution in [3.63, 3.8) is 0 Å². The molecule has 4 N–H and O–H groups in total. The normalized spacial score (nSPS) is 17.4. The Hall–Kier alpha value is -1.11. The van der Waals surface area contributed by atoms with Crippen LogP contribution in [0.4, 0.5) is 5.69 Å². The van der Waals surface area contributed by atoms with Gasteiger partial charge in [0.25, 0.3) is 0 Å². The molecule has 19 heavy (non-hydrogen) atoms. The summed E-state index contributed by atoms with van der Waals surface area (Å²) < 4.78 is 0.810. The van der Waals surface area contributed by atoms with Gasteiger partial charge in [-0.05, 0) is 31.0 Å². The van der Waals surface area contributed by atoms with E-state index < -0.39 is 0 Å². The Balaban J connectivity index is 1.89. The summed E-state index contributed by atoms with van der Waals surface area (Å²) in [5.74, 6) is -0.0545. The van der Waals surface area contributed by atoms with E-state index in [0.29, 0.717) is 12.2 Å². The molecular formula is C13H18BrN3O2. The molecule has 0 radical (unpaired) electrons. The molecule has 104 valence electrons. The molecule has 0 saturated carbocycles. The first-order valence-electron chi connectivity index (χ1n) is 6.31. The van der Waals surface area contributed by atoms with Gasteiger partial charge in [0.2, 0.25) is 5.91 Å². The molecule has 1 fully saturated rings. The molecule has 0 spiro atoms. The zero-order valence-electron chi connectivity index (χ0n) is 10.6. The van der Waals surface area contributed by atoms with Crippen molar-refractivity contribution in [3.8, 4) is 5.75 Å². The molecule has 0 unspecified atom stereocenters. The third-order valence-corrected chi connectivity index (χ3v) is 3.73. The minimum Gasteiger partial charge on any atom is -0.506 e. The summed E-state index contributed by atoms with van der Waals surface area (Å²) in [6.45, 7) is 2.02. The summed E-state index contributed by atoms with van der Waals surface area (Å²) in [5, 5.41) is 12.4. The van der Waals surface area contributed by atoms with Crippen LogP contribution in [0.1, 0.15) is 12.8 Å². The Morgan fingerprint density at radius 3 is 2.84 bits per heavy atom. The monoisotopic (exact) mass is 327 g/mol. The number of likely N-dealkylation sites (tertiary alicyclic amines) is 1. The predicted octanol–water partition coefficient (Wildman–Crippen LogP) is 1.52. The highest BCUT2D eigenvalue weighted by Gasteiger charge is 2.18. The number of phenols is 1. The maximum Gasteiger partial charge on any atom is 0.238 e. The highest BCUT2D eigenvalue weighted by molar-refractivity contribution is 9.10. The lowest BCUT2D eigenvalue weighted by Gasteiger charge is -2.29. The average molecular weight is 328 g/mol. The number of nitrogens with one attached hydrogen (secondary N) is 1. The van der Waals surface area contributed by atoms with E-state index in [4.69, 9.17) is 5.73 Å². The van der Waals surface area contributed by atoms with Gasteiger partial charge in [0.15, 0.2) is 0 Å². The van der Waals surface area contributed by atoms with Crippen LogP contribution in [0.5, 0.6) is 5.75 Å². The van der Waals surface area contributed by atoms with Gasteiger partial charge in [-0.15, -0.1) is 0 Å². The van der Waals surface area contributed by atoms with Crippen molar-refractivity contribution in [2.45, 2.75) is 18.9 Å². The topological polar surface area (TPSA) is 78.6 Å². The van der Waals surface area contributed by atoms with E-state index in [0.717, 1.165) is 30.4 Å². The van der Waals surface area contributed by atoms with Crippen molar-refractivity contribution in [3.05, 3.63) is 22.7 Å². The Kier molecular flexibility index (Phi) is 4.79. The molecule has 5 nitrogen and oxygen atoms in total. The van der Waals surface area contributed by atoms with Gasteiger partial charge >= 0.3 is 0 Å². The second-order valence-corrected chi connectivity index (χ2v) is 5.74. The summed E-state index contributed by atoms with van der Waals surface area (Å²) in [5.41, 5.74) is 6.25. The molecule has 1 aromatic carbocycles. The molecule has 0 aromatic heterocycles. The largest absolute Gasteiger partial charge is 0.506 e. The zero-order valence-corrected chi connectivity index (χ0v) is 12.2. The van der Waals surface area contributed by atoms with Crippen LogP contribution < -0.4 is 11.1 Å². The van der Waals surface area contributed by atoms with Crippen LogP contribution in [0.25, 0.3) is 0 Å². The lowest BCUT2D eigenvalue weighted by Crippen LogP contribution is -2.43. The van der Waals surface area contributed by atoms with Crippen LogP contribution in [0.3, 0.4) is 0 Å². The molecule has 0 atom stereocenters. The number of anilines is 1. The highest BCUT2D eigenvalue weighted by Crippen LogP contribution is 2.26. The third-order valence-electron chi connectivity index (χ3n) is 3.23. The van der Waals surface area contributed by atoms with E-state index in [1.165, 1.54) is 0 Å². The van der Waals surface area contributed by atoms with Gasteiger partial charge < -0.3 is 16.2 Å². The minimum atomic E-state index is -0.121. The standard InChI is InChI=1S/C13H18BrN3O2/c14-9-1-2-12(18)11(7-9)16-13(19)8-17-5-3-10(15)4-6-17/h1-2,7,10,18H,3-6,8,15H2,(H,16,19). The quantitative estimate of drug-likeness (QED) is 0.735. The lowest BCUT2D eigenvalue weighted by molar-refractivity contribution is -0.117. The Morgan fingerprint density at radius 1 is 1.47 bits per heavy atom. The molecular weight excluding hydrogens is 310 g/mol. The fourth-order valence-electron chi connectivity index (χ4n) is 2.11. The Bertz CT molecular complexity index is 459. The van der Waals surface area contributed by atoms with Gasteiger partial charge in [0, 0.05) is 23.6 Å². The van der Waals surface area contributed by atoms with E-state index in [-0.39, 0.29) is 17.7 Å². The molecule has 1 aromatic rings. The van der Waals surface area contributed by atoms with Gasteiger partial charge in [-0.2, -0.15) is 0 Å². The molecule has 1 aliphatic heterocycles. The number of phenolic OH excluding ortho intramolecular Hbond substituents is 1. The predicted molar refractivity (Wildman–Crippen MR) is 78.1 cm³/mol. The van der Waals surface area contributed by atoms with Crippen molar-refractivity contribution in [1.82, 2.24) is 4.90 Å². The van der Waals surface area contributed by atoms with E-state index in [2.05, 4.69) is 26.1 Å². The number of nitrogens with two attached hydrogens (primary N) is 1. The third kappa shape index (κ3) is 4.19.